The predicted octanol–water partition coefficient (Wildman–Crippen LogP) is 5.04. The number of nitrogens with zero attached hydrogens (tertiary/aromatic N) is 4. The Morgan fingerprint density at radius 1 is 0.852 bits per heavy atom. The fraction of sp³-hybridized carbons (Fsp3) is 0.600. The molecule has 2 N–H and O–H groups in total. The van der Waals surface area contributed by atoms with Gasteiger partial charge in [-0.15, -0.1) is 0 Å². The molecule has 6 nitrogen and oxygen atoms in total. The Hall–Kier alpha value is -1.76. The molecule has 4 rings (SSSR count). The van der Waals surface area contributed by atoms with Crippen LogP contribution < -0.4 is 10.6 Å². The summed E-state index contributed by atoms with van der Waals surface area (Å²) in [5.74, 6) is 3.56. The molecule has 0 unspecified atom stereocenters. The summed E-state index contributed by atoms with van der Waals surface area (Å²) >= 11 is 3.45. The number of halogens is 1. The summed E-state index contributed by atoms with van der Waals surface area (Å²) in [5, 5.41) is 6.88. The lowest BCUT2D eigenvalue weighted by atomic mass is 10.2. The number of nitrogens with one attached hydrogen (secondary N) is 2. The molecule has 2 aromatic heterocycles. The topological polar surface area (TPSA) is 75.6 Å². The van der Waals surface area contributed by atoms with Crippen LogP contribution in [0.5, 0.6) is 0 Å². The molecule has 0 amide bonds. The van der Waals surface area contributed by atoms with Gasteiger partial charge in [0, 0.05) is 24.5 Å². The average Bonchev–Trinajstić information content (AvgIpc) is 3.33. The van der Waals surface area contributed by atoms with Crippen molar-refractivity contribution in [3.05, 3.63) is 34.6 Å². The van der Waals surface area contributed by atoms with Crippen LogP contribution in [0.15, 0.2) is 22.9 Å². The zero-order valence-electron chi connectivity index (χ0n) is 16.2. The van der Waals surface area contributed by atoms with Crippen molar-refractivity contribution in [3.8, 4) is 0 Å². The third kappa shape index (κ3) is 6.41. The number of aryl methyl sites for hydroxylation is 2. The first-order valence-electron chi connectivity index (χ1n) is 9.92. The maximum absolute atomic E-state index is 4.37. The van der Waals surface area contributed by atoms with E-state index < -0.39 is 0 Å². The molecule has 146 valence electrons. The highest BCUT2D eigenvalue weighted by atomic mass is 79.9. The third-order valence-electron chi connectivity index (χ3n) is 5.04. The summed E-state index contributed by atoms with van der Waals surface area (Å²) in [6.07, 6.45) is 14.1. The van der Waals surface area contributed by atoms with Crippen LogP contribution in [-0.4, -0.2) is 32.0 Å². The lowest BCUT2D eigenvalue weighted by molar-refractivity contribution is 0.747. The molecule has 0 aliphatic heterocycles. The summed E-state index contributed by atoms with van der Waals surface area (Å²) in [6, 6.07) is 3.17. The van der Waals surface area contributed by atoms with E-state index in [2.05, 4.69) is 46.5 Å². The molecule has 2 aliphatic rings. The SMILES string of the molecule is Cc1ncc(Br)c(NC2CCCC2)n1.Cc1nccc(NC2CCCC2)n1. The summed E-state index contributed by atoms with van der Waals surface area (Å²) in [7, 11) is 0. The Morgan fingerprint density at radius 3 is 2.07 bits per heavy atom. The first-order valence-corrected chi connectivity index (χ1v) is 10.7. The van der Waals surface area contributed by atoms with Gasteiger partial charge in [0.15, 0.2) is 0 Å². The summed E-state index contributed by atoms with van der Waals surface area (Å²) in [4.78, 5) is 16.9. The van der Waals surface area contributed by atoms with E-state index in [0.29, 0.717) is 12.1 Å². The molecule has 0 bridgehead atoms. The van der Waals surface area contributed by atoms with Crippen LogP contribution in [0, 0.1) is 13.8 Å². The summed E-state index contributed by atoms with van der Waals surface area (Å²) in [6.45, 7) is 3.83. The number of hydrogen-bond acceptors (Lipinski definition) is 6. The van der Waals surface area contributed by atoms with E-state index in [9.17, 15) is 0 Å². The van der Waals surface area contributed by atoms with E-state index in [-0.39, 0.29) is 0 Å². The summed E-state index contributed by atoms with van der Waals surface area (Å²) < 4.78 is 0.954. The molecular weight excluding hydrogens is 404 g/mol. The highest BCUT2D eigenvalue weighted by Gasteiger charge is 2.16. The Kier molecular flexibility index (Phi) is 7.38. The van der Waals surface area contributed by atoms with Crippen LogP contribution in [0.4, 0.5) is 11.6 Å². The largest absolute Gasteiger partial charge is 0.367 e. The van der Waals surface area contributed by atoms with Gasteiger partial charge in [-0.3, -0.25) is 0 Å². The molecular formula is C20H29BrN6. The van der Waals surface area contributed by atoms with Crippen molar-refractivity contribution in [3.63, 3.8) is 0 Å². The van der Waals surface area contributed by atoms with Gasteiger partial charge < -0.3 is 10.6 Å². The van der Waals surface area contributed by atoms with Crippen LogP contribution in [-0.2, 0) is 0 Å². The van der Waals surface area contributed by atoms with Crippen molar-refractivity contribution < 1.29 is 0 Å². The first kappa shape index (κ1) is 20.0. The summed E-state index contributed by atoms with van der Waals surface area (Å²) in [5.41, 5.74) is 0. The van der Waals surface area contributed by atoms with Gasteiger partial charge in [-0.1, -0.05) is 25.7 Å². The van der Waals surface area contributed by atoms with Gasteiger partial charge in [0.2, 0.25) is 0 Å². The van der Waals surface area contributed by atoms with E-state index in [0.717, 1.165) is 27.8 Å². The molecule has 0 atom stereocenters. The smallest absolute Gasteiger partial charge is 0.144 e. The van der Waals surface area contributed by atoms with Crippen LogP contribution in [0.3, 0.4) is 0 Å². The molecule has 2 aromatic rings. The van der Waals surface area contributed by atoms with Crippen LogP contribution >= 0.6 is 15.9 Å². The van der Waals surface area contributed by atoms with Gasteiger partial charge >= 0.3 is 0 Å². The quantitative estimate of drug-likeness (QED) is 0.704. The van der Waals surface area contributed by atoms with Crippen molar-refractivity contribution in [2.75, 3.05) is 10.6 Å². The van der Waals surface area contributed by atoms with Crippen molar-refractivity contribution in [1.82, 2.24) is 19.9 Å². The Morgan fingerprint density at radius 2 is 1.44 bits per heavy atom. The second kappa shape index (κ2) is 9.97. The molecule has 2 saturated carbocycles. The molecule has 0 saturated heterocycles. The Labute approximate surface area is 170 Å². The van der Waals surface area contributed by atoms with Gasteiger partial charge in [-0.05, 0) is 61.5 Å². The van der Waals surface area contributed by atoms with E-state index in [1.165, 1.54) is 51.4 Å². The highest BCUT2D eigenvalue weighted by Crippen LogP contribution is 2.25. The maximum atomic E-state index is 4.37. The monoisotopic (exact) mass is 432 g/mol. The van der Waals surface area contributed by atoms with Crippen LogP contribution in [0.1, 0.15) is 63.0 Å². The molecule has 0 spiro atoms. The first-order chi connectivity index (χ1) is 13.1. The average molecular weight is 433 g/mol. The fourth-order valence-corrected chi connectivity index (χ4v) is 3.94. The van der Waals surface area contributed by atoms with Crippen molar-refractivity contribution in [2.24, 2.45) is 0 Å². The molecule has 2 heterocycles. The van der Waals surface area contributed by atoms with Gasteiger partial charge in [-0.2, -0.15) is 0 Å². The second-order valence-corrected chi connectivity index (χ2v) is 8.21. The standard InChI is InChI=1S/C10H14BrN3.C10H15N3/c1-7-12-6-9(11)10(13-7)14-8-4-2-3-5-8;1-8-11-7-6-10(12-8)13-9-4-2-3-5-9/h6,8H,2-5H2,1H3,(H,12,13,14);6-7,9H,2-5H2,1H3,(H,11,12,13). The molecule has 2 fully saturated rings. The minimum atomic E-state index is 0.598. The molecule has 7 heteroatoms. The van der Waals surface area contributed by atoms with Gasteiger partial charge in [-0.25, -0.2) is 19.9 Å². The zero-order chi connectivity index (χ0) is 19.1. The molecule has 27 heavy (non-hydrogen) atoms. The van der Waals surface area contributed by atoms with Gasteiger partial charge in [0.1, 0.15) is 23.3 Å². The number of hydrogen-bond donors (Lipinski definition) is 2. The lowest BCUT2D eigenvalue weighted by Crippen LogP contribution is -2.16. The maximum Gasteiger partial charge on any atom is 0.144 e. The number of rotatable bonds is 4. The highest BCUT2D eigenvalue weighted by molar-refractivity contribution is 9.10. The molecule has 2 aliphatic carbocycles. The van der Waals surface area contributed by atoms with Crippen LogP contribution in [0.2, 0.25) is 0 Å². The van der Waals surface area contributed by atoms with Gasteiger partial charge in [0.05, 0.1) is 4.47 Å². The lowest BCUT2D eigenvalue weighted by Gasteiger charge is -2.13. The van der Waals surface area contributed by atoms with E-state index in [4.69, 9.17) is 0 Å². The van der Waals surface area contributed by atoms with E-state index in [1.807, 2.05) is 19.9 Å². The minimum Gasteiger partial charge on any atom is -0.367 e. The van der Waals surface area contributed by atoms with E-state index >= 15 is 0 Å². The van der Waals surface area contributed by atoms with Crippen molar-refractivity contribution in [1.29, 1.82) is 0 Å². The molecule has 0 aromatic carbocycles. The minimum absolute atomic E-state index is 0.598. The Bertz CT molecular complexity index is 726. The third-order valence-corrected chi connectivity index (χ3v) is 5.62. The van der Waals surface area contributed by atoms with E-state index in [1.54, 1.807) is 12.4 Å². The van der Waals surface area contributed by atoms with Crippen LogP contribution in [0.25, 0.3) is 0 Å². The van der Waals surface area contributed by atoms with Gasteiger partial charge in [0.25, 0.3) is 0 Å². The second-order valence-electron chi connectivity index (χ2n) is 7.35. The molecule has 0 radical (unpaired) electrons. The Balaban J connectivity index is 0.000000156. The number of aromatic nitrogens is 4. The predicted molar refractivity (Wildman–Crippen MR) is 113 cm³/mol. The van der Waals surface area contributed by atoms with Crippen molar-refractivity contribution >= 4 is 27.6 Å². The fourth-order valence-electron chi connectivity index (χ4n) is 3.64. The normalized spacial score (nSPS) is 17.4. The zero-order valence-corrected chi connectivity index (χ0v) is 17.8. The number of anilines is 2. The van der Waals surface area contributed by atoms with Crippen molar-refractivity contribution in [2.45, 2.75) is 77.3 Å².